The second kappa shape index (κ2) is 11.0. The number of nitrogens with zero attached hydrogens (tertiary/aromatic N) is 2. The van der Waals surface area contributed by atoms with Gasteiger partial charge in [-0.15, -0.1) is 0 Å². The first-order valence-electron chi connectivity index (χ1n) is 9.96. The molecule has 0 aliphatic heterocycles. The maximum atomic E-state index is 12.5. The number of carbonyl (C=O) groups excluding carboxylic acids is 3. The molecule has 10 nitrogen and oxygen atoms in total. The van der Waals surface area contributed by atoms with E-state index in [-0.39, 0.29) is 18.9 Å². The van der Waals surface area contributed by atoms with Crippen LogP contribution in [0.25, 0.3) is 11.4 Å². The van der Waals surface area contributed by atoms with E-state index in [0.717, 1.165) is 11.3 Å². The second-order valence-corrected chi connectivity index (χ2v) is 7.26. The van der Waals surface area contributed by atoms with Gasteiger partial charge in [0.15, 0.2) is 10.6 Å². The number of rotatable bonds is 9. The zero-order valence-corrected chi connectivity index (χ0v) is 18.9. The number of carbonyl (C=O) groups is 3. The summed E-state index contributed by atoms with van der Waals surface area (Å²) in [6, 6.07) is 13.8. The summed E-state index contributed by atoms with van der Waals surface area (Å²) in [7, 11) is 2.83. The minimum Gasteiger partial charge on any atom is -0.497 e. The van der Waals surface area contributed by atoms with Crippen molar-refractivity contribution in [2.24, 2.45) is 0 Å². The van der Waals surface area contributed by atoms with Gasteiger partial charge in [-0.05, 0) is 54.7 Å². The number of ether oxygens (including phenoxy) is 2. The summed E-state index contributed by atoms with van der Waals surface area (Å²) in [5.74, 6) is 0.0654. The fourth-order valence-electron chi connectivity index (χ4n) is 2.99. The Morgan fingerprint density at radius 1 is 1.12 bits per heavy atom. The van der Waals surface area contributed by atoms with Gasteiger partial charge in [-0.1, -0.05) is 6.07 Å². The molecule has 1 aromatic heterocycles. The standard InChI is InChI=1S/C22H23N5O5S/c1-31-17-8-6-14(7-9-17)20-25-26-22(33)27(20)11-10-18(28)24-16-5-3-4-15(12-16)21(30)23-13-19(29)32-2/h3-9,12H,10-11,13H2,1-2H3,(H,23,30)(H,24,28)(H,26,33). The lowest BCUT2D eigenvalue weighted by atomic mass is 10.2. The molecule has 0 bridgehead atoms. The molecule has 3 rings (SSSR count). The normalized spacial score (nSPS) is 10.4. The zero-order chi connectivity index (χ0) is 23.8. The van der Waals surface area contributed by atoms with Crippen molar-refractivity contribution in [2.75, 3.05) is 26.1 Å². The molecule has 0 radical (unpaired) electrons. The Morgan fingerprint density at radius 2 is 1.88 bits per heavy atom. The van der Waals surface area contributed by atoms with Gasteiger partial charge < -0.3 is 20.1 Å². The quantitative estimate of drug-likeness (QED) is 0.325. The van der Waals surface area contributed by atoms with Crippen LogP contribution in [0.5, 0.6) is 5.75 Å². The fraction of sp³-hybridized carbons (Fsp3) is 0.227. The Hall–Kier alpha value is -3.99. The molecule has 3 N–H and O–H groups in total. The maximum Gasteiger partial charge on any atom is 0.325 e. The molecular weight excluding hydrogens is 446 g/mol. The molecule has 172 valence electrons. The predicted molar refractivity (Wildman–Crippen MR) is 123 cm³/mol. The third-order valence-electron chi connectivity index (χ3n) is 4.70. The van der Waals surface area contributed by atoms with E-state index in [1.165, 1.54) is 13.2 Å². The summed E-state index contributed by atoms with van der Waals surface area (Å²) in [5.41, 5.74) is 1.58. The van der Waals surface area contributed by atoms with Gasteiger partial charge in [0.2, 0.25) is 5.91 Å². The highest BCUT2D eigenvalue weighted by Crippen LogP contribution is 2.21. The van der Waals surface area contributed by atoms with Crippen LogP contribution in [0, 0.1) is 4.77 Å². The molecule has 0 aliphatic carbocycles. The number of nitrogens with one attached hydrogen (secondary N) is 3. The van der Waals surface area contributed by atoms with Crippen LogP contribution in [0.15, 0.2) is 48.5 Å². The number of hydrogen-bond acceptors (Lipinski definition) is 7. The minimum absolute atomic E-state index is 0.135. The molecule has 0 spiro atoms. The Bertz CT molecular complexity index is 1200. The molecule has 0 atom stereocenters. The van der Waals surface area contributed by atoms with Crippen molar-refractivity contribution in [1.82, 2.24) is 20.1 Å². The molecule has 11 heteroatoms. The highest BCUT2D eigenvalue weighted by atomic mass is 32.1. The lowest BCUT2D eigenvalue weighted by Gasteiger charge is -2.10. The van der Waals surface area contributed by atoms with E-state index in [1.54, 1.807) is 29.9 Å². The molecule has 33 heavy (non-hydrogen) atoms. The molecule has 2 aromatic carbocycles. The number of aromatic nitrogens is 3. The Morgan fingerprint density at radius 3 is 2.58 bits per heavy atom. The van der Waals surface area contributed by atoms with Crippen LogP contribution in [0.2, 0.25) is 0 Å². The topological polar surface area (TPSA) is 127 Å². The van der Waals surface area contributed by atoms with Gasteiger partial charge >= 0.3 is 5.97 Å². The lowest BCUT2D eigenvalue weighted by Crippen LogP contribution is -2.30. The fourth-order valence-corrected chi connectivity index (χ4v) is 3.21. The summed E-state index contributed by atoms with van der Waals surface area (Å²) in [6.07, 6.45) is 0.135. The molecule has 0 unspecified atom stereocenters. The summed E-state index contributed by atoms with van der Waals surface area (Å²) in [4.78, 5) is 35.9. The summed E-state index contributed by atoms with van der Waals surface area (Å²) in [6.45, 7) is 0.0651. The highest BCUT2D eigenvalue weighted by Gasteiger charge is 2.13. The summed E-state index contributed by atoms with van der Waals surface area (Å²) in [5, 5.41) is 12.2. The SMILES string of the molecule is COC(=O)CNC(=O)c1cccc(NC(=O)CCn2c(-c3ccc(OC)cc3)n[nH]c2=S)c1. The van der Waals surface area contributed by atoms with Crippen molar-refractivity contribution < 1.29 is 23.9 Å². The van der Waals surface area contributed by atoms with Gasteiger partial charge in [0.05, 0.1) is 14.2 Å². The third kappa shape index (κ3) is 6.26. The monoisotopic (exact) mass is 469 g/mol. The lowest BCUT2D eigenvalue weighted by molar-refractivity contribution is -0.139. The second-order valence-electron chi connectivity index (χ2n) is 6.87. The van der Waals surface area contributed by atoms with Crippen LogP contribution in [0.3, 0.4) is 0 Å². The van der Waals surface area contributed by atoms with Crippen LogP contribution >= 0.6 is 12.2 Å². The first kappa shape index (κ1) is 23.7. The Labute approximate surface area is 194 Å². The number of aromatic amines is 1. The largest absolute Gasteiger partial charge is 0.497 e. The van der Waals surface area contributed by atoms with Gasteiger partial charge in [0.25, 0.3) is 5.91 Å². The Balaban J connectivity index is 1.62. The van der Waals surface area contributed by atoms with Crippen molar-refractivity contribution >= 4 is 35.7 Å². The van der Waals surface area contributed by atoms with E-state index in [4.69, 9.17) is 17.0 Å². The van der Waals surface area contributed by atoms with Crippen molar-refractivity contribution in [3.63, 3.8) is 0 Å². The average Bonchev–Trinajstić information content (AvgIpc) is 3.21. The number of H-pyrrole nitrogens is 1. The van der Waals surface area contributed by atoms with E-state index in [0.29, 0.717) is 28.4 Å². The maximum absolute atomic E-state index is 12.5. The van der Waals surface area contributed by atoms with Crippen LogP contribution in [-0.2, 0) is 20.9 Å². The number of methoxy groups -OCH3 is 2. The van der Waals surface area contributed by atoms with Crippen molar-refractivity contribution in [3.05, 3.63) is 58.9 Å². The van der Waals surface area contributed by atoms with Crippen molar-refractivity contribution in [3.8, 4) is 17.1 Å². The number of benzene rings is 2. The molecule has 0 aliphatic rings. The summed E-state index contributed by atoms with van der Waals surface area (Å²) >= 11 is 5.31. The van der Waals surface area contributed by atoms with Crippen LogP contribution < -0.4 is 15.4 Å². The van der Waals surface area contributed by atoms with E-state index in [1.807, 2.05) is 24.3 Å². The van der Waals surface area contributed by atoms with Crippen molar-refractivity contribution in [1.29, 1.82) is 0 Å². The number of hydrogen-bond donors (Lipinski definition) is 3. The van der Waals surface area contributed by atoms with E-state index < -0.39 is 11.9 Å². The average molecular weight is 470 g/mol. The summed E-state index contributed by atoms with van der Waals surface area (Å²) < 4.78 is 11.8. The van der Waals surface area contributed by atoms with Crippen LogP contribution in [0.1, 0.15) is 16.8 Å². The Kier molecular flexibility index (Phi) is 7.92. The zero-order valence-electron chi connectivity index (χ0n) is 18.1. The van der Waals surface area contributed by atoms with Gasteiger partial charge in [-0.25, -0.2) is 0 Å². The van der Waals surface area contributed by atoms with Crippen LogP contribution in [-0.4, -0.2) is 53.3 Å². The number of esters is 1. The molecular formula is C22H23N5O5S. The van der Waals surface area contributed by atoms with Gasteiger partial charge in [-0.3, -0.25) is 24.0 Å². The van der Waals surface area contributed by atoms with E-state index in [9.17, 15) is 14.4 Å². The van der Waals surface area contributed by atoms with Gasteiger partial charge in [0.1, 0.15) is 12.3 Å². The minimum atomic E-state index is -0.556. The number of amides is 2. The smallest absolute Gasteiger partial charge is 0.325 e. The molecule has 2 amide bonds. The first-order valence-corrected chi connectivity index (χ1v) is 10.4. The first-order chi connectivity index (χ1) is 15.9. The molecule has 0 fully saturated rings. The van der Waals surface area contributed by atoms with Gasteiger partial charge in [0, 0.05) is 29.8 Å². The molecule has 0 saturated heterocycles. The predicted octanol–water partition coefficient (Wildman–Crippen LogP) is 2.55. The highest BCUT2D eigenvalue weighted by molar-refractivity contribution is 7.71. The van der Waals surface area contributed by atoms with Gasteiger partial charge in [-0.2, -0.15) is 5.10 Å². The molecule has 1 heterocycles. The van der Waals surface area contributed by atoms with Crippen molar-refractivity contribution in [2.45, 2.75) is 13.0 Å². The molecule has 3 aromatic rings. The third-order valence-corrected chi connectivity index (χ3v) is 5.01. The van der Waals surface area contributed by atoms with E-state index in [2.05, 4.69) is 25.6 Å². The van der Waals surface area contributed by atoms with E-state index >= 15 is 0 Å². The molecule has 0 saturated carbocycles. The van der Waals surface area contributed by atoms with Crippen LogP contribution in [0.4, 0.5) is 5.69 Å². The number of anilines is 1.